The summed E-state index contributed by atoms with van der Waals surface area (Å²) in [5, 5.41) is 3.47. The van der Waals surface area contributed by atoms with E-state index in [-0.39, 0.29) is 5.60 Å². The van der Waals surface area contributed by atoms with Gasteiger partial charge in [-0.1, -0.05) is 6.92 Å². The van der Waals surface area contributed by atoms with E-state index in [1.165, 1.54) is 9.75 Å². The monoisotopic (exact) mass is 283 g/mol. The second-order valence-electron chi connectivity index (χ2n) is 5.15. The average molecular weight is 283 g/mol. The van der Waals surface area contributed by atoms with Gasteiger partial charge in [0.2, 0.25) is 0 Å². The van der Waals surface area contributed by atoms with E-state index in [1.807, 2.05) is 25.5 Å². The van der Waals surface area contributed by atoms with Crippen molar-refractivity contribution in [3.8, 4) is 0 Å². The van der Waals surface area contributed by atoms with Crippen LogP contribution in [0.4, 0.5) is 0 Å². The standard InChI is InChI=1S/C15H25NO2S/c1-4-12-5-6-13(19-12)11-14(16-2)15(17-3)7-9-18-10-8-15/h5-6,14,16H,4,7-11H2,1-3H3. The van der Waals surface area contributed by atoms with Gasteiger partial charge in [-0.05, 0) is 32.0 Å². The Morgan fingerprint density at radius 1 is 1.37 bits per heavy atom. The van der Waals surface area contributed by atoms with Gasteiger partial charge in [-0.3, -0.25) is 0 Å². The predicted molar refractivity (Wildman–Crippen MR) is 80.0 cm³/mol. The van der Waals surface area contributed by atoms with Crippen LogP contribution in [0.5, 0.6) is 0 Å². The van der Waals surface area contributed by atoms with Crippen LogP contribution in [0.2, 0.25) is 0 Å². The summed E-state index contributed by atoms with van der Waals surface area (Å²) in [7, 11) is 3.87. The van der Waals surface area contributed by atoms with Gasteiger partial charge in [0.25, 0.3) is 0 Å². The molecule has 0 radical (unpaired) electrons. The highest BCUT2D eigenvalue weighted by Crippen LogP contribution is 2.31. The maximum Gasteiger partial charge on any atom is 0.0878 e. The number of hydrogen-bond donors (Lipinski definition) is 1. The molecule has 1 unspecified atom stereocenters. The summed E-state index contributed by atoms with van der Waals surface area (Å²) in [6.45, 7) is 3.81. The van der Waals surface area contributed by atoms with Crippen LogP contribution in [0.15, 0.2) is 12.1 Å². The Labute approximate surface area is 120 Å². The molecule has 1 aromatic rings. The lowest BCUT2D eigenvalue weighted by Crippen LogP contribution is -2.55. The quantitative estimate of drug-likeness (QED) is 0.870. The summed E-state index contributed by atoms with van der Waals surface area (Å²) < 4.78 is 11.4. The van der Waals surface area contributed by atoms with Crippen molar-refractivity contribution < 1.29 is 9.47 Å². The summed E-state index contributed by atoms with van der Waals surface area (Å²) in [6.07, 6.45) is 4.11. The van der Waals surface area contributed by atoms with Crippen molar-refractivity contribution in [2.75, 3.05) is 27.4 Å². The van der Waals surface area contributed by atoms with E-state index in [1.54, 1.807) is 0 Å². The molecule has 4 heteroatoms. The molecule has 1 N–H and O–H groups in total. The Balaban J connectivity index is 2.09. The maximum absolute atomic E-state index is 5.90. The molecule has 0 spiro atoms. The summed E-state index contributed by atoms with van der Waals surface area (Å²) in [6, 6.07) is 4.86. The topological polar surface area (TPSA) is 30.5 Å². The minimum absolute atomic E-state index is 0.0800. The molecular weight excluding hydrogens is 258 g/mol. The summed E-state index contributed by atoms with van der Waals surface area (Å²) in [5.41, 5.74) is -0.0800. The van der Waals surface area contributed by atoms with Crippen LogP contribution >= 0.6 is 11.3 Å². The SMILES string of the molecule is CCc1ccc(CC(NC)C2(OC)CCOCC2)s1. The van der Waals surface area contributed by atoms with E-state index in [0.29, 0.717) is 6.04 Å². The molecule has 1 aromatic heterocycles. The van der Waals surface area contributed by atoms with E-state index < -0.39 is 0 Å². The summed E-state index contributed by atoms with van der Waals surface area (Å²) in [5.74, 6) is 0. The average Bonchev–Trinajstić information content (AvgIpc) is 2.93. The predicted octanol–water partition coefficient (Wildman–Crippen LogP) is 2.64. The second-order valence-corrected chi connectivity index (χ2v) is 6.40. The molecule has 1 saturated heterocycles. The molecule has 0 bridgehead atoms. The summed E-state index contributed by atoms with van der Waals surface area (Å²) >= 11 is 1.92. The third kappa shape index (κ3) is 3.37. The molecular formula is C15H25NO2S. The highest BCUT2D eigenvalue weighted by Gasteiger charge is 2.39. The highest BCUT2D eigenvalue weighted by molar-refractivity contribution is 7.11. The van der Waals surface area contributed by atoms with Crippen LogP contribution in [0.1, 0.15) is 29.5 Å². The van der Waals surface area contributed by atoms with Crippen molar-refractivity contribution in [3.63, 3.8) is 0 Å². The maximum atomic E-state index is 5.90. The molecule has 1 aliphatic heterocycles. The van der Waals surface area contributed by atoms with Crippen LogP contribution in [0.25, 0.3) is 0 Å². The third-order valence-electron chi connectivity index (χ3n) is 4.20. The van der Waals surface area contributed by atoms with Gasteiger partial charge in [-0.2, -0.15) is 0 Å². The molecule has 0 amide bonds. The van der Waals surface area contributed by atoms with Gasteiger partial charge >= 0.3 is 0 Å². The van der Waals surface area contributed by atoms with Crippen molar-refractivity contribution in [3.05, 3.63) is 21.9 Å². The molecule has 0 aliphatic carbocycles. The van der Waals surface area contributed by atoms with Crippen LogP contribution in [0.3, 0.4) is 0 Å². The minimum atomic E-state index is -0.0800. The van der Waals surface area contributed by atoms with Crippen LogP contribution in [-0.2, 0) is 22.3 Å². The number of rotatable bonds is 6. The first-order valence-corrected chi connectivity index (χ1v) is 7.93. The lowest BCUT2D eigenvalue weighted by Gasteiger charge is -2.42. The molecule has 0 aromatic carbocycles. The number of methoxy groups -OCH3 is 1. The van der Waals surface area contributed by atoms with Crippen LogP contribution < -0.4 is 5.32 Å². The molecule has 2 heterocycles. The van der Waals surface area contributed by atoms with Gasteiger partial charge in [-0.25, -0.2) is 0 Å². The number of nitrogens with one attached hydrogen (secondary N) is 1. The van der Waals surface area contributed by atoms with Gasteiger partial charge in [0.15, 0.2) is 0 Å². The van der Waals surface area contributed by atoms with Crippen LogP contribution in [-0.4, -0.2) is 39.0 Å². The molecule has 3 nitrogen and oxygen atoms in total. The Morgan fingerprint density at radius 3 is 2.58 bits per heavy atom. The number of aryl methyl sites for hydroxylation is 1. The Bertz CT molecular complexity index is 385. The van der Waals surface area contributed by atoms with E-state index in [2.05, 4.69) is 24.4 Å². The van der Waals surface area contributed by atoms with E-state index in [9.17, 15) is 0 Å². The normalized spacial score (nSPS) is 20.4. The number of thiophene rings is 1. The first-order chi connectivity index (χ1) is 9.24. The zero-order chi connectivity index (χ0) is 13.7. The fourth-order valence-electron chi connectivity index (χ4n) is 2.89. The van der Waals surface area contributed by atoms with Crippen LogP contribution in [0, 0.1) is 0 Å². The second kappa shape index (κ2) is 6.84. The van der Waals surface area contributed by atoms with E-state index in [4.69, 9.17) is 9.47 Å². The Hall–Kier alpha value is -0.420. The van der Waals surface area contributed by atoms with Gasteiger partial charge in [0, 0.05) is 49.0 Å². The Morgan fingerprint density at radius 2 is 2.05 bits per heavy atom. The van der Waals surface area contributed by atoms with E-state index >= 15 is 0 Å². The lowest BCUT2D eigenvalue weighted by molar-refractivity contribution is -0.109. The molecule has 108 valence electrons. The van der Waals surface area contributed by atoms with E-state index in [0.717, 1.165) is 38.9 Å². The smallest absolute Gasteiger partial charge is 0.0878 e. The first-order valence-electron chi connectivity index (χ1n) is 7.12. The zero-order valence-corrected chi connectivity index (χ0v) is 13.0. The molecule has 0 saturated carbocycles. The number of hydrogen-bond acceptors (Lipinski definition) is 4. The van der Waals surface area contributed by atoms with Gasteiger partial charge < -0.3 is 14.8 Å². The summed E-state index contributed by atoms with van der Waals surface area (Å²) in [4.78, 5) is 2.91. The lowest BCUT2D eigenvalue weighted by atomic mass is 9.84. The minimum Gasteiger partial charge on any atom is -0.381 e. The molecule has 2 rings (SSSR count). The first kappa shape index (κ1) is 15.0. The van der Waals surface area contributed by atoms with Crippen molar-refractivity contribution in [2.24, 2.45) is 0 Å². The third-order valence-corrected chi connectivity index (χ3v) is 5.45. The van der Waals surface area contributed by atoms with Crippen molar-refractivity contribution in [1.29, 1.82) is 0 Å². The zero-order valence-electron chi connectivity index (χ0n) is 12.2. The fraction of sp³-hybridized carbons (Fsp3) is 0.733. The van der Waals surface area contributed by atoms with Crippen molar-refractivity contribution >= 4 is 11.3 Å². The van der Waals surface area contributed by atoms with Gasteiger partial charge in [-0.15, -0.1) is 11.3 Å². The Kier molecular flexibility index (Phi) is 5.39. The number of likely N-dealkylation sites (N-methyl/N-ethyl adjacent to an activating group) is 1. The van der Waals surface area contributed by atoms with Crippen molar-refractivity contribution in [1.82, 2.24) is 5.32 Å². The number of ether oxygens (including phenoxy) is 2. The molecule has 19 heavy (non-hydrogen) atoms. The molecule has 1 aliphatic rings. The largest absolute Gasteiger partial charge is 0.381 e. The fourth-order valence-corrected chi connectivity index (χ4v) is 3.89. The van der Waals surface area contributed by atoms with Gasteiger partial charge in [0.1, 0.15) is 0 Å². The molecule has 1 fully saturated rings. The molecule has 1 atom stereocenters. The highest BCUT2D eigenvalue weighted by atomic mass is 32.1. The van der Waals surface area contributed by atoms with Crippen molar-refractivity contribution in [2.45, 2.75) is 44.2 Å². The van der Waals surface area contributed by atoms with Gasteiger partial charge in [0.05, 0.1) is 5.60 Å².